The third kappa shape index (κ3) is 5.39. The van der Waals surface area contributed by atoms with Gasteiger partial charge in [0.2, 0.25) is 11.8 Å². The molecule has 27 heavy (non-hydrogen) atoms. The van der Waals surface area contributed by atoms with E-state index in [0.29, 0.717) is 18.8 Å². The minimum Gasteiger partial charge on any atom is -0.342 e. The Morgan fingerprint density at radius 3 is 2.78 bits per heavy atom. The normalized spacial score (nSPS) is 16.8. The van der Waals surface area contributed by atoms with Crippen molar-refractivity contribution in [2.45, 2.75) is 39.0 Å². The van der Waals surface area contributed by atoms with Gasteiger partial charge in [-0.05, 0) is 49.8 Å². The average molecular weight is 365 g/mol. The lowest BCUT2D eigenvalue weighted by Gasteiger charge is -2.32. The zero-order chi connectivity index (χ0) is 19.1. The van der Waals surface area contributed by atoms with Crippen LogP contribution < -0.4 is 5.32 Å². The molecule has 0 bridgehead atoms. The highest BCUT2D eigenvalue weighted by atomic mass is 16.2. The van der Waals surface area contributed by atoms with E-state index >= 15 is 0 Å². The van der Waals surface area contributed by atoms with Crippen molar-refractivity contribution in [3.63, 3.8) is 0 Å². The van der Waals surface area contributed by atoms with Gasteiger partial charge in [0.1, 0.15) is 5.82 Å². The number of hydrogen-bond acceptors (Lipinski definition) is 3. The van der Waals surface area contributed by atoms with E-state index in [-0.39, 0.29) is 17.7 Å². The lowest BCUT2D eigenvalue weighted by molar-refractivity contribution is -0.134. The van der Waals surface area contributed by atoms with Crippen LogP contribution in [0, 0.1) is 12.8 Å². The maximum atomic E-state index is 12.6. The zero-order valence-electron chi connectivity index (χ0n) is 15.9. The summed E-state index contributed by atoms with van der Waals surface area (Å²) in [6, 6.07) is 14.0. The van der Waals surface area contributed by atoms with Crippen LogP contribution in [-0.4, -0.2) is 34.8 Å². The van der Waals surface area contributed by atoms with Crippen molar-refractivity contribution in [1.29, 1.82) is 0 Å². The van der Waals surface area contributed by atoms with E-state index in [1.165, 1.54) is 5.56 Å². The van der Waals surface area contributed by atoms with E-state index in [2.05, 4.69) is 22.4 Å². The first-order valence-electron chi connectivity index (χ1n) is 9.67. The molecule has 3 rings (SSSR count). The molecule has 0 spiro atoms. The largest absolute Gasteiger partial charge is 0.342 e. The van der Waals surface area contributed by atoms with Crippen LogP contribution in [0.4, 0.5) is 5.82 Å². The van der Waals surface area contributed by atoms with Crippen LogP contribution in [0.25, 0.3) is 0 Å². The van der Waals surface area contributed by atoms with Gasteiger partial charge >= 0.3 is 0 Å². The summed E-state index contributed by atoms with van der Waals surface area (Å²) in [6.07, 6.45) is 5.62. The lowest BCUT2D eigenvalue weighted by Crippen LogP contribution is -2.43. The lowest BCUT2D eigenvalue weighted by atomic mass is 9.96. The molecule has 1 atom stereocenters. The van der Waals surface area contributed by atoms with E-state index < -0.39 is 0 Å². The molecule has 1 aromatic carbocycles. The molecule has 1 aliphatic rings. The second-order valence-corrected chi connectivity index (χ2v) is 7.18. The van der Waals surface area contributed by atoms with Crippen molar-refractivity contribution in [1.82, 2.24) is 9.88 Å². The molecule has 1 aliphatic heterocycles. The molecular formula is C22H27N3O2. The van der Waals surface area contributed by atoms with E-state index in [4.69, 9.17) is 0 Å². The van der Waals surface area contributed by atoms with Crippen molar-refractivity contribution in [3.05, 3.63) is 59.8 Å². The third-order valence-corrected chi connectivity index (χ3v) is 5.09. The van der Waals surface area contributed by atoms with Crippen LogP contribution in [0.5, 0.6) is 0 Å². The van der Waals surface area contributed by atoms with Crippen molar-refractivity contribution < 1.29 is 9.59 Å². The quantitative estimate of drug-likeness (QED) is 0.851. The molecule has 1 aromatic heterocycles. The van der Waals surface area contributed by atoms with Gasteiger partial charge in [0.25, 0.3) is 0 Å². The van der Waals surface area contributed by atoms with Crippen LogP contribution >= 0.6 is 0 Å². The summed E-state index contributed by atoms with van der Waals surface area (Å²) in [4.78, 5) is 31.2. The fourth-order valence-corrected chi connectivity index (χ4v) is 3.50. The van der Waals surface area contributed by atoms with Crippen LogP contribution in [-0.2, 0) is 16.0 Å². The highest BCUT2D eigenvalue weighted by molar-refractivity contribution is 5.92. The highest BCUT2D eigenvalue weighted by Crippen LogP contribution is 2.20. The van der Waals surface area contributed by atoms with E-state index in [1.54, 1.807) is 6.20 Å². The maximum Gasteiger partial charge on any atom is 0.230 e. The number of aryl methyl sites for hydroxylation is 2. The summed E-state index contributed by atoms with van der Waals surface area (Å²) in [6.45, 7) is 3.17. The molecule has 1 unspecified atom stereocenters. The maximum absolute atomic E-state index is 12.6. The van der Waals surface area contributed by atoms with Gasteiger partial charge in [-0.1, -0.05) is 36.4 Å². The molecule has 1 saturated heterocycles. The fraction of sp³-hybridized carbons (Fsp3) is 0.409. The van der Waals surface area contributed by atoms with Crippen LogP contribution in [0.3, 0.4) is 0 Å². The Morgan fingerprint density at radius 1 is 1.19 bits per heavy atom. The first kappa shape index (κ1) is 19.1. The number of nitrogens with zero attached hydrogens (tertiary/aromatic N) is 2. The SMILES string of the molecule is Cc1cccnc1NC(=O)C1CCCN(C(=O)CCCc2ccccc2)C1. The van der Waals surface area contributed by atoms with Gasteiger partial charge in [0.05, 0.1) is 5.92 Å². The minimum atomic E-state index is -0.168. The summed E-state index contributed by atoms with van der Waals surface area (Å²) < 4.78 is 0. The standard InChI is InChI=1S/C22H27N3O2/c1-17-8-6-14-23-21(17)24-22(27)19-12-7-15-25(16-19)20(26)13-5-11-18-9-3-2-4-10-18/h2-4,6,8-10,14,19H,5,7,11-13,15-16H2,1H3,(H,23,24,27). The molecule has 2 aromatic rings. The van der Waals surface area contributed by atoms with Gasteiger partial charge in [-0.25, -0.2) is 4.98 Å². The second-order valence-electron chi connectivity index (χ2n) is 7.18. The summed E-state index contributed by atoms with van der Waals surface area (Å²) in [5.74, 6) is 0.545. The molecule has 142 valence electrons. The Hall–Kier alpha value is -2.69. The average Bonchev–Trinajstić information content (AvgIpc) is 2.70. The Labute approximate surface area is 160 Å². The summed E-state index contributed by atoms with van der Waals surface area (Å²) >= 11 is 0. The topological polar surface area (TPSA) is 62.3 Å². The summed E-state index contributed by atoms with van der Waals surface area (Å²) in [5, 5.41) is 2.92. The Kier molecular flexibility index (Phi) is 6.58. The molecule has 5 heteroatoms. The molecule has 5 nitrogen and oxygen atoms in total. The number of anilines is 1. The van der Waals surface area contributed by atoms with Crippen LogP contribution in [0.1, 0.15) is 36.8 Å². The van der Waals surface area contributed by atoms with Gasteiger partial charge < -0.3 is 10.2 Å². The van der Waals surface area contributed by atoms with Crippen molar-refractivity contribution in [2.75, 3.05) is 18.4 Å². The number of hydrogen-bond donors (Lipinski definition) is 1. The molecule has 1 fully saturated rings. The number of aromatic nitrogens is 1. The highest BCUT2D eigenvalue weighted by Gasteiger charge is 2.28. The third-order valence-electron chi connectivity index (χ3n) is 5.09. The van der Waals surface area contributed by atoms with Gasteiger partial charge in [0.15, 0.2) is 0 Å². The monoisotopic (exact) mass is 365 g/mol. The first-order valence-corrected chi connectivity index (χ1v) is 9.67. The van der Waals surface area contributed by atoms with Crippen molar-refractivity contribution in [2.24, 2.45) is 5.92 Å². The molecule has 0 aliphatic carbocycles. The van der Waals surface area contributed by atoms with Gasteiger partial charge in [-0.2, -0.15) is 0 Å². The van der Waals surface area contributed by atoms with Crippen molar-refractivity contribution >= 4 is 17.6 Å². The fourth-order valence-electron chi connectivity index (χ4n) is 3.50. The summed E-state index contributed by atoms with van der Waals surface area (Å²) in [5.41, 5.74) is 2.20. The number of likely N-dealkylation sites (tertiary alicyclic amines) is 1. The predicted octanol–water partition coefficient (Wildman–Crippen LogP) is 3.59. The number of carbonyl (C=O) groups is 2. The van der Waals surface area contributed by atoms with E-state index in [0.717, 1.165) is 37.8 Å². The first-order chi connectivity index (χ1) is 13.1. The summed E-state index contributed by atoms with van der Waals surface area (Å²) in [7, 11) is 0. The smallest absolute Gasteiger partial charge is 0.230 e. The molecule has 2 heterocycles. The number of pyridine rings is 1. The van der Waals surface area contributed by atoms with E-state index in [9.17, 15) is 9.59 Å². The Morgan fingerprint density at radius 2 is 2.00 bits per heavy atom. The molecule has 2 amide bonds. The Bertz CT molecular complexity index is 776. The number of rotatable bonds is 6. The number of benzene rings is 1. The Balaban J connectivity index is 1.48. The molecular weight excluding hydrogens is 338 g/mol. The van der Waals surface area contributed by atoms with Crippen LogP contribution in [0.2, 0.25) is 0 Å². The number of amides is 2. The molecule has 0 radical (unpaired) electrons. The van der Waals surface area contributed by atoms with Gasteiger partial charge in [0, 0.05) is 25.7 Å². The number of nitrogens with one attached hydrogen (secondary N) is 1. The predicted molar refractivity (Wildman–Crippen MR) is 106 cm³/mol. The van der Waals surface area contributed by atoms with Crippen molar-refractivity contribution in [3.8, 4) is 0 Å². The van der Waals surface area contributed by atoms with Crippen LogP contribution in [0.15, 0.2) is 48.7 Å². The zero-order valence-corrected chi connectivity index (χ0v) is 15.9. The second kappa shape index (κ2) is 9.31. The van der Waals surface area contributed by atoms with Gasteiger partial charge in [-0.3, -0.25) is 9.59 Å². The van der Waals surface area contributed by atoms with Gasteiger partial charge in [-0.15, -0.1) is 0 Å². The number of carbonyl (C=O) groups excluding carboxylic acids is 2. The van der Waals surface area contributed by atoms with E-state index in [1.807, 2.05) is 42.2 Å². The molecule has 0 saturated carbocycles. The molecule has 1 N–H and O–H groups in total. The minimum absolute atomic E-state index is 0.0430. The number of piperidine rings is 1.